The number of ether oxygens (including phenoxy) is 6. The van der Waals surface area contributed by atoms with E-state index in [0.717, 1.165) is 44.9 Å². The van der Waals surface area contributed by atoms with Crippen LogP contribution in [0.2, 0.25) is 0 Å². The van der Waals surface area contributed by atoms with Gasteiger partial charge in [-0.2, -0.15) is 0 Å². The van der Waals surface area contributed by atoms with E-state index in [4.69, 9.17) is 28.4 Å². The highest BCUT2D eigenvalue weighted by atomic mass is 16.8. The third-order valence-electron chi connectivity index (χ3n) is 19.7. The normalized spacial score (nSPS) is 27.6. The van der Waals surface area contributed by atoms with Crippen molar-refractivity contribution in [1.29, 1.82) is 0 Å². The number of carbonyl (C=O) groups is 1. The second kappa shape index (κ2) is 55.6. The van der Waals surface area contributed by atoms with Crippen LogP contribution in [0.5, 0.6) is 0 Å². The predicted octanol–water partition coefficient (Wildman–Crippen LogP) is 11.5. The van der Waals surface area contributed by atoms with E-state index in [2.05, 4.69) is 19.2 Å². The zero-order chi connectivity index (χ0) is 66.8. The summed E-state index contributed by atoms with van der Waals surface area (Å²) in [7, 11) is 0. The highest BCUT2D eigenvalue weighted by Crippen LogP contribution is 2.33. The van der Waals surface area contributed by atoms with Gasteiger partial charge in [0.15, 0.2) is 18.9 Å². The summed E-state index contributed by atoms with van der Waals surface area (Å²) in [5, 5.41) is 121. The first-order valence-corrected chi connectivity index (χ1v) is 38.3. The maximum absolute atomic E-state index is 13.4. The second-order valence-electron chi connectivity index (χ2n) is 27.8. The molecule has 1 amide bonds. The van der Waals surface area contributed by atoms with Gasteiger partial charge in [0.25, 0.3) is 0 Å². The lowest BCUT2D eigenvalue weighted by Gasteiger charge is -2.48. The molecule has 17 unspecified atom stereocenters. The Morgan fingerprint density at radius 2 is 0.620 bits per heavy atom. The minimum atomic E-state index is -1.97. The van der Waals surface area contributed by atoms with Crippen molar-refractivity contribution < 1.29 is 89.4 Å². The number of hydrogen-bond acceptors (Lipinski definition) is 18. The Morgan fingerprint density at radius 1 is 0.348 bits per heavy atom. The minimum absolute atomic E-state index is 0.235. The van der Waals surface area contributed by atoms with Gasteiger partial charge in [-0.3, -0.25) is 4.79 Å². The molecule has 3 aliphatic rings. The van der Waals surface area contributed by atoms with Crippen LogP contribution < -0.4 is 5.32 Å². The maximum atomic E-state index is 13.4. The van der Waals surface area contributed by atoms with E-state index in [1.54, 1.807) is 0 Å². The van der Waals surface area contributed by atoms with Crippen molar-refractivity contribution in [3.63, 3.8) is 0 Å². The van der Waals surface area contributed by atoms with Gasteiger partial charge >= 0.3 is 0 Å². The van der Waals surface area contributed by atoms with Crippen molar-refractivity contribution >= 4 is 5.91 Å². The summed E-state index contributed by atoms with van der Waals surface area (Å²) >= 11 is 0. The van der Waals surface area contributed by atoms with E-state index in [9.17, 15) is 61.0 Å². The van der Waals surface area contributed by atoms with Crippen molar-refractivity contribution in [3.8, 4) is 0 Å². The van der Waals surface area contributed by atoms with E-state index < -0.39 is 124 Å². The Hall–Kier alpha value is -1.21. The highest BCUT2D eigenvalue weighted by Gasteiger charge is 2.53. The van der Waals surface area contributed by atoms with Gasteiger partial charge in [0.1, 0.15) is 73.2 Å². The van der Waals surface area contributed by atoms with Crippen LogP contribution >= 0.6 is 0 Å². The zero-order valence-corrected chi connectivity index (χ0v) is 58.1. The molecule has 0 aliphatic carbocycles. The van der Waals surface area contributed by atoms with E-state index in [-0.39, 0.29) is 18.9 Å². The van der Waals surface area contributed by atoms with Crippen molar-refractivity contribution in [3.05, 3.63) is 0 Å². The average Bonchev–Trinajstić information content (AvgIpc) is 0.835. The Balaban J connectivity index is 1.37. The molecule has 3 aliphatic heterocycles. The first-order valence-electron chi connectivity index (χ1n) is 38.3. The van der Waals surface area contributed by atoms with Gasteiger partial charge in [-0.25, -0.2) is 0 Å². The van der Waals surface area contributed by atoms with Crippen LogP contribution in [0, 0.1) is 0 Å². The van der Waals surface area contributed by atoms with Gasteiger partial charge in [0.2, 0.25) is 5.91 Å². The summed E-state index contributed by atoms with van der Waals surface area (Å²) in [5.41, 5.74) is 0. The number of rotatable bonds is 61. The largest absolute Gasteiger partial charge is 0.394 e. The second-order valence-corrected chi connectivity index (χ2v) is 27.8. The number of unbranched alkanes of at least 4 members (excludes halogenated alkanes) is 45. The molecule has 0 saturated carbocycles. The number of carbonyl (C=O) groups excluding carboxylic acids is 1. The van der Waals surface area contributed by atoms with Crippen LogP contribution in [0.4, 0.5) is 0 Å². The smallest absolute Gasteiger partial charge is 0.220 e. The summed E-state index contributed by atoms with van der Waals surface area (Å²) in [6.07, 6.45) is 34.8. The van der Waals surface area contributed by atoms with Gasteiger partial charge in [0, 0.05) is 6.42 Å². The third-order valence-corrected chi connectivity index (χ3v) is 19.7. The lowest BCUT2D eigenvalue weighted by molar-refractivity contribution is -0.379. The molecule has 0 spiro atoms. The van der Waals surface area contributed by atoms with Crippen LogP contribution in [-0.2, 0) is 33.2 Å². The quantitative estimate of drug-likeness (QED) is 0.0252. The summed E-state index contributed by atoms with van der Waals surface area (Å²) in [6, 6.07) is -0.882. The Morgan fingerprint density at radius 3 is 0.946 bits per heavy atom. The molecule has 546 valence electrons. The summed E-state index contributed by atoms with van der Waals surface area (Å²) in [4.78, 5) is 13.4. The van der Waals surface area contributed by atoms with Crippen LogP contribution in [0.15, 0.2) is 0 Å². The molecule has 3 rings (SSSR count). The summed E-state index contributed by atoms with van der Waals surface area (Å²) < 4.78 is 34.5. The van der Waals surface area contributed by atoms with Crippen LogP contribution in [0.1, 0.15) is 328 Å². The molecule has 0 radical (unpaired) electrons. The number of amides is 1. The van der Waals surface area contributed by atoms with Gasteiger partial charge in [-0.05, 0) is 12.8 Å². The van der Waals surface area contributed by atoms with Crippen LogP contribution in [-0.4, -0.2) is 193 Å². The fraction of sp³-hybridized carbons (Fsp3) is 0.986. The van der Waals surface area contributed by atoms with Gasteiger partial charge in [-0.1, -0.05) is 309 Å². The van der Waals surface area contributed by atoms with Crippen LogP contribution in [0.3, 0.4) is 0 Å². The van der Waals surface area contributed by atoms with Crippen molar-refractivity contribution in [2.24, 2.45) is 0 Å². The third kappa shape index (κ3) is 36.6. The highest BCUT2D eigenvalue weighted by molar-refractivity contribution is 5.76. The number of aliphatic hydroxyl groups is 11. The lowest BCUT2D eigenvalue weighted by Crippen LogP contribution is -2.66. The molecule has 0 bridgehead atoms. The fourth-order valence-corrected chi connectivity index (χ4v) is 13.5. The molecule has 19 nitrogen and oxygen atoms in total. The molecule has 92 heavy (non-hydrogen) atoms. The maximum Gasteiger partial charge on any atom is 0.220 e. The molecular weight excluding hydrogens is 1180 g/mol. The fourth-order valence-electron chi connectivity index (χ4n) is 13.5. The first kappa shape index (κ1) is 85.0. The van der Waals surface area contributed by atoms with Crippen molar-refractivity contribution in [2.75, 3.05) is 26.4 Å². The SMILES string of the molecule is CCCCCCCCCCCCCCCCCCCCCCCCCCCCCCCCC(O)C(COC1OC(CO)C(OC2OC(CO)C(OC3OC(CO)C(O)C(O)C3O)C(O)C2O)C(O)C1O)NC(=O)CCCCCCCCCCCCCCCCCCC. The van der Waals surface area contributed by atoms with Gasteiger partial charge in [-0.15, -0.1) is 0 Å². The molecule has 3 heterocycles. The summed E-state index contributed by atoms with van der Waals surface area (Å²) in [5.74, 6) is -0.235. The molecule has 3 fully saturated rings. The topological polar surface area (TPSA) is 307 Å². The van der Waals surface area contributed by atoms with Gasteiger partial charge in [0.05, 0.1) is 38.6 Å². The predicted molar refractivity (Wildman–Crippen MR) is 361 cm³/mol. The molecule has 0 aromatic heterocycles. The molecule has 12 N–H and O–H groups in total. The van der Waals surface area contributed by atoms with E-state index in [1.807, 2.05) is 0 Å². The average molecular weight is 1320 g/mol. The molecule has 17 atom stereocenters. The monoisotopic (exact) mass is 1320 g/mol. The summed E-state index contributed by atoms with van der Waals surface area (Å²) in [6.45, 7) is 1.86. The number of nitrogens with one attached hydrogen (secondary N) is 1. The zero-order valence-electron chi connectivity index (χ0n) is 58.1. The Kier molecular flexibility index (Phi) is 51.4. The van der Waals surface area contributed by atoms with Crippen LogP contribution in [0.25, 0.3) is 0 Å². The molecule has 0 aromatic carbocycles. The van der Waals surface area contributed by atoms with Crippen molar-refractivity contribution in [1.82, 2.24) is 5.32 Å². The van der Waals surface area contributed by atoms with E-state index in [0.29, 0.717) is 12.8 Å². The molecule has 19 heteroatoms. The standard InChI is InChI=1S/C73H141NO18/c1-3-5-7-9-11-13-15-17-19-21-22-23-24-25-26-27-28-29-30-31-32-33-35-36-38-40-42-44-46-48-50-57(78)56(74-61(79)51-49-47-45-43-41-39-37-34-20-18-16-14-12-10-8-6-4-2)55-87-71-67(85)64(82)69(59(53-76)89-71)92-73-68(86)65(83)70(60(54-77)90-73)91-72-66(84)63(81)62(80)58(52-75)88-72/h56-60,62-73,75-78,80-86H,3-55H2,1-2H3,(H,74,79). The first-order chi connectivity index (χ1) is 44.8. The van der Waals surface area contributed by atoms with Crippen molar-refractivity contribution in [2.45, 2.75) is 433 Å². The van der Waals surface area contributed by atoms with E-state index >= 15 is 0 Å². The van der Waals surface area contributed by atoms with Gasteiger partial charge < -0.3 is 89.9 Å². The minimum Gasteiger partial charge on any atom is -0.394 e. The van der Waals surface area contributed by atoms with E-state index in [1.165, 1.54) is 250 Å². The Bertz CT molecular complexity index is 1670. The number of aliphatic hydroxyl groups excluding tert-OH is 11. The number of hydrogen-bond donors (Lipinski definition) is 12. The molecule has 3 saturated heterocycles. The molecule has 0 aromatic rings. The lowest BCUT2D eigenvalue weighted by atomic mass is 9.96. The molecular formula is C73H141NO18. The Labute approximate surface area is 557 Å².